The molecule has 0 amide bonds. The number of hydrogen-bond acceptors (Lipinski definition) is 3. The maximum Gasteiger partial charge on any atom is 0.166 e. The number of hydrogen-bond donors (Lipinski definition) is 1. The molecule has 3 heteroatoms. The highest BCUT2D eigenvalue weighted by atomic mass is 16.5. The third kappa shape index (κ3) is 1.51. The predicted molar refractivity (Wildman–Crippen MR) is 56.5 cm³/mol. The molecule has 0 aromatic heterocycles. The molecule has 1 N–H and O–H groups in total. The first kappa shape index (κ1) is 10.4. The van der Waals surface area contributed by atoms with Crippen molar-refractivity contribution in [1.82, 2.24) is 0 Å². The monoisotopic (exact) mass is 208 g/mol. The molecule has 3 atom stereocenters. The van der Waals surface area contributed by atoms with Gasteiger partial charge in [-0.2, -0.15) is 0 Å². The summed E-state index contributed by atoms with van der Waals surface area (Å²) in [6, 6.07) is 0. The van der Waals surface area contributed by atoms with Gasteiger partial charge in [0.25, 0.3) is 0 Å². The molecule has 1 aliphatic carbocycles. The smallest absolute Gasteiger partial charge is 0.166 e. The summed E-state index contributed by atoms with van der Waals surface area (Å²) in [5, 5.41) is 9.70. The second kappa shape index (κ2) is 3.49. The highest BCUT2D eigenvalue weighted by Gasteiger charge is 2.35. The van der Waals surface area contributed by atoms with E-state index in [1.807, 2.05) is 20.8 Å². The van der Waals surface area contributed by atoms with E-state index in [2.05, 4.69) is 0 Å². The molecule has 0 aromatic rings. The van der Waals surface area contributed by atoms with Crippen LogP contribution in [0, 0.1) is 11.8 Å². The van der Waals surface area contributed by atoms with Crippen LogP contribution in [-0.4, -0.2) is 23.6 Å². The second-order valence-electron chi connectivity index (χ2n) is 4.39. The van der Waals surface area contributed by atoms with Gasteiger partial charge in [-0.05, 0) is 12.5 Å². The molecule has 15 heavy (non-hydrogen) atoms. The van der Waals surface area contributed by atoms with Gasteiger partial charge in [-0.15, -0.1) is 0 Å². The largest absolute Gasteiger partial charge is 0.507 e. The Kier molecular flexibility index (Phi) is 2.43. The minimum Gasteiger partial charge on any atom is -0.507 e. The average Bonchev–Trinajstić information content (AvgIpc) is 2.19. The molecule has 3 unspecified atom stereocenters. The summed E-state index contributed by atoms with van der Waals surface area (Å²) in [6.45, 7) is 6.36. The first-order valence-electron chi connectivity index (χ1n) is 5.31. The number of aliphatic hydroxyl groups excluding tert-OH is 1. The number of ketones is 1. The van der Waals surface area contributed by atoms with Crippen LogP contribution in [0.4, 0.5) is 0 Å². The molecule has 3 nitrogen and oxygen atoms in total. The Balaban J connectivity index is 2.48. The predicted octanol–water partition coefficient (Wildman–Crippen LogP) is 2.00. The lowest BCUT2D eigenvalue weighted by Gasteiger charge is -2.35. The Labute approximate surface area is 89.4 Å². The molecule has 0 aromatic carbocycles. The van der Waals surface area contributed by atoms with Crippen molar-refractivity contribution in [3.05, 3.63) is 23.0 Å². The third-order valence-electron chi connectivity index (χ3n) is 3.52. The van der Waals surface area contributed by atoms with Crippen molar-refractivity contribution < 1.29 is 14.6 Å². The van der Waals surface area contributed by atoms with Gasteiger partial charge in [-0.25, -0.2) is 0 Å². The molecule has 0 saturated carbocycles. The zero-order chi connectivity index (χ0) is 11.2. The van der Waals surface area contributed by atoms with Gasteiger partial charge >= 0.3 is 0 Å². The maximum atomic E-state index is 11.6. The Morgan fingerprint density at radius 2 is 2.07 bits per heavy atom. The number of carbonyl (C=O) groups excluding carboxylic acids is 1. The van der Waals surface area contributed by atoms with E-state index in [0.29, 0.717) is 6.61 Å². The second-order valence-corrected chi connectivity index (χ2v) is 4.39. The minimum atomic E-state index is -0.114. The molecular weight excluding hydrogens is 192 g/mol. The van der Waals surface area contributed by atoms with Gasteiger partial charge in [0.2, 0.25) is 0 Å². The highest BCUT2D eigenvalue weighted by Crippen LogP contribution is 2.37. The summed E-state index contributed by atoms with van der Waals surface area (Å²) in [5.74, 6) is 0.167. The molecule has 1 heterocycles. The summed E-state index contributed by atoms with van der Waals surface area (Å²) in [5.41, 5.74) is 1.87. The van der Waals surface area contributed by atoms with Crippen LogP contribution in [0.2, 0.25) is 0 Å². The number of aliphatic hydroxyl groups is 1. The summed E-state index contributed by atoms with van der Waals surface area (Å²) < 4.78 is 5.54. The van der Waals surface area contributed by atoms with Gasteiger partial charge in [0.1, 0.15) is 5.76 Å². The van der Waals surface area contributed by atoms with E-state index in [-0.39, 0.29) is 29.5 Å². The summed E-state index contributed by atoms with van der Waals surface area (Å²) in [4.78, 5) is 11.6. The van der Waals surface area contributed by atoms with Gasteiger partial charge in [0.15, 0.2) is 5.78 Å². The molecule has 0 bridgehead atoms. The van der Waals surface area contributed by atoms with E-state index in [9.17, 15) is 9.90 Å². The zero-order valence-electron chi connectivity index (χ0n) is 9.28. The number of allylic oxidation sites excluding steroid dienone is 1. The van der Waals surface area contributed by atoms with E-state index in [4.69, 9.17) is 4.74 Å². The summed E-state index contributed by atoms with van der Waals surface area (Å²) >= 11 is 0. The number of rotatable bonds is 0. The van der Waals surface area contributed by atoms with Crippen LogP contribution >= 0.6 is 0 Å². The van der Waals surface area contributed by atoms with Crippen molar-refractivity contribution in [3.63, 3.8) is 0 Å². The van der Waals surface area contributed by atoms with E-state index in [1.165, 1.54) is 6.08 Å². The van der Waals surface area contributed by atoms with E-state index >= 15 is 0 Å². The lowest BCUT2D eigenvalue weighted by atomic mass is 9.77. The lowest BCUT2D eigenvalue weighted by Crippen LogP contribution is -2.35. The molecule has 82 valence electrons. The van der Waals surface area contributed by atoms with Crippen LogP contribution in [0.5, 0.6) is 0 Å². The van der Waals surface area contributed by atoms with Crippen molar-refractivity contribution in [2.75, 3.05) is 6.61 Å². The van der Waals surface area contributed by atoms with E-state index < -0.39 is 0 Å². The van der Waals surface area contributed by atoms with E-state index in [1.54, 1.807) is 0 Å². The molecule has 0 spiro atoms. The number of ether oxygens (including phenoxy) is 1. The first-order chi connectivity index (χ1) is 7.02. The Bertz CT molecular complexity index is 365. The van der Waals surface area contributed by atoms with Crippen molar-refractivity contribution in [1.29, 1.82) is 0 Å². The average molecular weight is 208 g/mol. The molecule has 1 aliphatic heterocycles. The fourth-order valence-corrected chi connectivity index (χ4v) is 2.35. The third-order valence-corrected chi connectivity index (χ3v) is 3.52. The quantitative estimate of drug-likeness (QED) is 0.662. The van der Waals surface area contributed by atoms with Gasteiger partial charge in [0, 0.05) is 23.5 Å². The lowest BCUT2D eigenvalue weighted by molar-refractivity contribution is -0.117. The van der Waals surface area contributed by atoms with Crippen molar-refractivity contribution in [2.45, 2.75) is 26.9 Å². The van der Waals surface area contributed by atoms with Crippen molar-refractivity contribution >= 4 is 5.78 Å². The molecule has 0 saturated heterocycles. The van der Waals surface area contributed by atoms with Crippen LogP contribution in [0.1, 0.15) is 20.8 Å². The highest BCUT2D eigenvalue weighted by molar-refractivity contribution is 5.96. The van der Waals surface area contributed by atoms with Crippen LogP contribution in [0.3, 0.4) is 0 Å². The zero-order valence-corrected chi connectivity index (χ0v) is 9.28. The van der Waals surface area contributed by atoms with Crippen LogP contribution in [0.25, 0.3) is 0 Å². The topological polar surface area (TPSA) is 46.5 Å². The first-order valence-corrected chi connectivity index (χ1v) is 5.31. The normalized spacial score (nSPS) is 36.3. The van der Waals surface area contributed by atoms with Crippen molar-refractivity contribution in [3.8, 4) is 0 Å². The van der Waals surface area contributed by atoms with Gasteiger partial charge in [-0.1, -0.05) is 13.8 Å². The van der Waals surface area contributed by atoms with Crippen LogP contribution in [-0.2, 0) is 9.53 Å². The summed E-state index contributed by atoms with van der Waals surface area (Å²) in [6.07, 6.45) is 1.43. The van der Waals surface area contributed by atoms with Crippen molar-refractivity contribution in [2.24, 2.45) is 11.8 Å². The van der Waals surface area contributed by atoms with Gasteiger partial charge in [-0.3, -0.25) is 4.79 Å². The fraction of sp³-hybridized carbons (Fsp3) is 0.583. The Hall–Kier alpha value is -1.09. The Morgan fingerprint density at radius 1 is 1.40 bits per heavy atom. The standard InChI is InChI=1S/C12H16O3/c1-6-8(3)15-5-9-11(14)4-10(13)7(2)12(6)9/h4,6-8,14H,5H2,1-3H3. The Morgan fingerprint density at radius 3 is 2.73 bits per heavy atom. The molecule has 0 fully saturated rings. The SMILES string of the molecule is CC1C(=O)C=C(O)C2=C1C(C)C(C)OC2. The van der Waals surface area contributed by atoms with Crippen LogP contribution < -0.4 is 0 Å². The van der Waals surface area contributed by atoms with Gasteiger partial charge in [0.05, 0.1) is 12.7 Å². The molecule has 0 radical (unpaired) electrons. The minimum absolute atomic E-state index is 0.00722. The molecular formula is C12H16O3. The molecule has 2 rings (SSSR count). The van der Waals surface area contributed by atoms with Gasteiger partial charge < -0.3 is 9.84 Å². The fourth-order valence-electron chi connectivity index (χ4n) is 2.35. The molecule has 2 aliphatic rings. The number of carbonyl (C=O) groups is 1. The van der Waals surface area contributed by atoms with Crippen LogP contribution in [0.15, 0.2) is 23.0 Å². The van der Waals surface area contributed by atoms with E-state index in [0.717, 1.165) is 11.1 Å². The summed E-state index contributed by atoms with van der Waals surface area (Å²) in [7, 11) is 0. The maximum absolute atomic E-state index is 11.6.